The molecule has 4 unspecified atom stereocenters. The van der Waals surface area contributed by atoms with Gasteiger partial charge in [0, 0.05) is 44.3 Å². The molecule has 11 heteroatoms. The maximum Gasteiger partial charge on any atom is 0.243 e. The van der Waals surface area contributed by atoms with Crippen LogP contribution >= 0.6 is 11.3 Å². The standard InChI is InChI=1S/C42H59N5O5S/c1-29(2)25-43-40(50)30(3)20-38(48)36(22-32-16-10-6-11-17-32)45-42(52)37(24-35-27-53-28-44-35)46-41(51)34(21-31-14-8-5-9-15-31)23-39(49)47(4)26-33-18-12-7-13-19-33/h5,7-9,12-15,18-19,27-30,32,34,36-38,48H,6,10-11,16-17,20-26H2,1-4H3,(H,43,50)(H,45,52)(H,46,51)/t30?,34?,36?,37-,38?/m0/s1. The molecule has 1 saturated carbocycles. The van der Waals surface area contributed by atoms with Gasteiger partial charge in [0.1, 0.15) is 6.04 Å². The zero-order valence-corrected chi connectivity index (χ0v) is 32.7. The molecule has 53 heavy (non-hydrogen) atoms. The van der Waals surface area contributed by atoms with Crippen LogP contribution in [-0.4, -0.2) is 70.4 Å². The molecule has 1 aromatic heterocycles. The van der Waals surface area contributed by atoms with Crippen LogP contribution in [0, 0.1) is 23.7 Å². The first kappa shape index (κ1) is 41.7. The number of benzene rings is 2. The molecule has 1 aliphatic rings. The van der Waals surface area contributed by atoms with Crippen molar-refractivity contribution in [3.05, 3.63) is 88.4 Å². The molecule has 1 fully saturated rings. The Hall–Kier alpha value is -4.09. The highest BCUT2D eigenvalue weighted by molar-refractivity contribution is 7.07. The van der Waals surface area contributed by atoms with Crippen molar-refractivity contribution in [1.82, 2.24) is 25.8 Å². The van der Waals surface area contributed by atoms with E-state index < -0.39 is 41.8 Å². The smallest absolute Gasteiger partial charge is 0.243 e. The van der Waals surface area contributed by atoms with Gasteiger partial charge in [-0.25, -0.2) is 4.98 Å². The average molecular weight is 746 g/mol. The third kappa shape index (κ3) is 14.3. The Morgan fingerprint density at radius 3 is 2.15 bits per heavy atom. The molecule has 2 aromatic carbocycles. The van der Waals surface area contributed by atoms with E-state index >= 15 is 0 Å². The Morgan fingerprint density at radius 1 is 0.868 bits per heavy atom. The fourth-order valence-corrected chi connectivity index (χ4v) is 7.58. The second-order valence-electron chi connectivity index (χ2n) is 15.3. The van der Waals surface area contributed by atoms with Gasteiger partial charge in [-0.15, -0.1) is 11.3 Å². The van der Waals surface area contributed by atoms with Crippen LogP contribution in [0.15, 0.2) is 71.6 Å². The number of nitrogens with zero attached hydrogens (tertiary/aromatic N) is 2. The number of aliphatic hydroxyl groups excluding tert-OH is 1. The molecule has 4 rings (SSSR count). The minimum absolute atomic E-state index is 0.0329. The molecule has 1 aliphatic carbocycles. The minimum atomic E-state index is -0.993. The number of aromatic nitrogens is 1. The van der Waals surface area contributed by atoms with Gasteiger partial charge in [0.25, 0.3) is 0 Å². The van der Waals surface area contributed by atoms with Gasteiger partial charge in [0.15, 0.2) is 0 Å². The molecule has 0 radical (unpaired) electrons. The molecular weight excluding hydrogens is 687 g/mol. The Morgan fingerprint density at radius 2 is 1.53 bits per heavy atom. The molecule has 1 heterocycles. The predicted molar refractivity (Wildman–Crippen MR) is 210 cm³/mol. The normalized spacial score (nSPS) is 16.2. The molecule has 5 atom stereocenters. The maximum atomic E-state index is 14.3. The first-order valence-electron chi connectivity index (χ1n) is 19.2. The van der Waals surface area contributed by atoms with Crippen LogP contribution < -0.4 is 16.0 Å². The van der Waals surface area contributed by atoms with Crippen molar-refractivity contribution in [2.75, 3.05) is 13.6 Å². The molecule has 0 aliphatic heterocycles. The summed E-state index contributed by atoms with van der Waals surface area (Å²) in [5.74, 6) is -1.65. The lowest BCUT2D eigenvalue weighted by atomic mass is 9.82. The highest BCUT2D eigenvalue weighted by Crippen LogP contribution is 2.29. The lowest BCUT2D eigenvalue weighted by Gasteiger charge is -2.32. The Bertz CT molecular complexity index is 1550. The lowest BCUT2D eigenvalue weighted by molar-refractivity contribution is -0.137. The monoisotopic (exact) mass is 745 g/mol. The number of rotatable bonds is 20. The van der Waals surface area contributed by atoms with Crippen molar-refractivity contribution in [3.8, 4) is 0 Å². The van der Waals surface area contributed by atoms with E-state index in [0.717, 1.165) is 36.8 Å². The third-order valence-corrected chi connectivity index (χ3v) is 10.8. The molecular formula is C42H59N5O5S. The van der Waals surface area contributed by atoms with Crippen molar-refractivity contribution >= 4 is 35.0 Å². The SMILES string of the molecule is CC(C)CNC(=O)C(C)CC(O)C(CC1CCCCC1)NC(=O)[C@H](Cc1cscn1)NC(=O)C(CC(=O)N(C)Cc1ccccc1)Cc1ccccc1. The molecule has 4 amide bonds. The minimum Gasteiger partial charge on any atom is -0.391 e. The van der Waals surface area contributed by atoms with Crippen LogP contribution in [0.1, 0.15) is 89.0 Å². The Labute approximate surface area is 319 Å². The lowest BCUT2D eigenvalue weighted by Crippen LogP contribution is -2.55. The Kier molecular flexibility index (Phi) is 17.0. The van der Waals surface area contributed by atoms with Crippen molar-refractivity contribution in [2.45, 2.75) is 110 Å². The molecule has 0 saturated heterocycles. The van der Waals surface area contributed by atoms with E-state index in [2.05, 4.69) is 20.9 Å². The van der Waals surface area contributed by atoms with Crippen LogP contribution in [0.5, 0.6) is 0 Å². The molecule has 3 aromatic rings. The van der Waals surface area contributed by atoms with Gasteiger partial charge in [-0.1, -0.05) is 114 Å². The summed E-state index contributed by atoms with van der Waals surface area (Å²) in [6.45, 7) is 6.83. The number of carbonyl (C=O) groups is 4. The summed E-state index contributed by atoms with van der Waals surface area (Å²) in [5.41, 5.74) is 4.25. The van der Waals surface area contributed by atoms with E-state index in [9.17, 15) is 24.3 Å². The summed E-state index contributed by atoms with van der Waals surface area (Å²) in [6.07, 6.45) is 5.72. The van der Waals surface area contributed by atoms with Gasteiger partial charge >= 0.3 is 0 Å². The maximum absolute atomic E-state index is 14.3. The zero-order valence-electron chi connectivity index (χ0n) is 31.8. The summed E-state index contributed by atoms with van der Waals surface area (Å²) in [4.78, 5) is 60.9. The third-order valence-electron chi connectivity index (χ3n) is 10.2. The first-order chi connectivity index (χ1) is 25.5. The second-order valence-corrected chi connectivity index (χ2v) is 16.0. The van der Waals surface area contributed by atoms with Crippen LogP contribution in [0.4, 0.5) is 0 Å². The van der Waals surface area contributed by atoms with E-state index in [1.54, 1.807) is 24.4 Å². The number of hydrogen-bond donors (Lipinski definition) is 4. The number of aliphatic hydroxyl groups is 1. The van der Waals surface area contributed by atoms with Gasteiger partial charge < -0.3 is 26.0 Å². The number of amides is 4. The van der Waals surface area contributed by atoms with Gasteiger partial charge in [-0.05, 0) is 42.2 Å². The van der Waals surface area contributed by atoms with Gasteiger partial charge in [0.05, 0.1) is 29.3 Å². The molecule has 0 spiro atoms. The summed E-state index contributed by atoms with van der Waals surface area (Å²) < 4.78 is 0. The van der Waals surface area contributed by atoms with E-state index in [4.69, 9.17) is 0 Å². The van der Waals surface area contributed by atoms with Crippen LogP contribution in [0.2, 0.25) is 0 Å². The largest absolute Gasteiger partial charge is 0.391 e. The van der Waals surface area contributed by atoms with Gasteiger partial charge in [-0.2, -0.15) is 0 Å². The molecule has 4 N–H and O–H groups in total. The topological polar surface area (TPSA) is 141 Å². The predicted octanol–water partition coefficient (Wildman–Crippen LogP) is 5.69. The van der Waals surface area contributed by atoms with E-state index in [0.29, 0.717) is 43.5 Å². The van der Waals surface area contributed by atoms with Crippen LogP contribution in [0.25, 0.3) is 0 Å². The summed E-state index contributed by atoms with van der Waals surface area (Å²) in [7, 11) is 1.73. The zero-order chi connectivity index (χ0) is 38.2. The van der Waals surface area contributed by atoms with E-state index in [1.807, 2.05) is 79.9 Å². The average Bonchev–Trinajstić information content (AvgIpc) is 3.67. The van der Waals surface area contributed by atoms with Crippen molar-refractivity contribution in [1.29, 1.82) is 0 Å². The Balaban J connectivity index is 1.52. The van der Waals surface area contributed by atoms with E-state index in [-0.39, 0.29) is 31.1 Å². The number of nitrogens with one attached hydrogen (secondary N) is 3. The fraction of sp³-hybridized carbons (Fsp3) is 0.548. The number of thiazole rings is 1. The second kappa shape index (κ2) is 21.6. The highest BCUT2D eigenvalue weighted by Gasteiger charge is 2.33. The van der Waals surface area contributed by atoms with Crippen molar-refractivity contribution in [2.24, 2.45) is 23.7 Å². The first-order valence-corrected chi connectivity index (χ1v) is 20.2. The van der Waals surface area contributed by atoms with Crippen LogP contribution in [-0.2, 0) is 38.6 Å². The summed E-state index contributed by atoms with van der Waals surface area (Å²) >= 11 is 1.41. The van der Waals surface area contributed by atoms with Gasteiger partial charge in [-0.3, -0.25) is 19.2 Å². The van der Waals surface area contributed by atoms with Crippen LogP contribution in [0.3, 0.4) is 0 Å². The van der Waals surface area contributed by atoms with Gasteiger partial charge in [0.2, 0.25) is 23.6 Å². The molecule has 0 bridgehead atoms. The number of carbonyl (C=O) groups excluding carboxylic acids is 4. The summed E-state index contributed by atoms with van der Waals surface area (Å²) in [6, 6.07) is 17.7. The van der Waals surface area contributed by atoms with E-state index in [1.165, 1.54) is 17.8 Å². The molecule has 10 nitrogen and oxygen atoms in total. The number of hydrogen-bond acceptors (Lipinski definition) is 7. The highest BCUT2D eigenvalue weighted by atomic mass is 32.1. The van der Waals surface area contributed by atoms with Crippen molar-refractivity contribution < 1.29 is 24.3 Å². The fourth-order valence-electron chi connectivity index (χ4n) is 7.00. The van der Waals surface area contributed by atoms with Crippen molar-refractivity contribution in [3.63, 3.8) is 0 Å². The quantitative estimate of drug-likeness (QED) is 0.117. The molecule has 288 valence electrons. The summed E-state index contributed by atoms with van der Waals surface area (Å²) in [5, 5.41) is 22.5.